The highest BCUT2D eigenvalue weighted by Crippen LogP contribution is 2.34. The van der Waals surface area contributed by atoms with Gasteiger partial charge in [-0.1, -0.05) is 26.0 Å². The van der Waals surface area contributed by atoms with Crippen molar-refractivity contribution >= 4 is 16.8 Å². The molecule has 26 heavy (non-hydrogen) atoms. The summed E-state index contributed by atoms with van der Waals surface area (Å²) in [6.45, 7) is 4.46. The molecule has 3 atom stereocenters. The third-order valence-electron chi connectivity index (χ3n) is 5.66. The van der Waals surface area contributed by atoms with Gasteiger partial charge in [-0.15, -0.1) is 0 Å². The second kappa shape index (κ2) is 8.43. The molecule has 4 nitrogen and oxygen atoms in total. The molecule has 1 aliphatic carbocycles. The van der Waals surface area contributed by atoms with Crippen molar-refractivity contribution in [2.75, 3.05) is 7.11 Å². The van der Waals surface area contributed by atoms with E-state index in [2.05, 4.69) is 36.3 Å². The first kappa shape index (κ1) is 18.6. The van der Waals surface area contributed by atoms with Gasteiger partial charge < -0.3 is 15.0 Å². The van der Waals surface area contributed by atoms with Crippen molar-refractivity contribution in [3.05, 3.63) is 42.1 Å². The van der Waals surface area contributed by atoms with E-state index >= 15 is 0 Å². The second-order valence-corrected chi connectivity index (χ2v) is 7.41. The molecule has 1 fully saturated rings. The zero-order valence-electron chi connectivity index (χ0n) is 16.0. The molecule has 3 unspecified atom stereocenters. The van der Waals surface area contributed by atoms with Gasteiger partial charge in [0.2, 0.25) is 5.91 Å². The van der Waals surface area contributed by atoms with E-state index in [0.717, 1.165) is 41.5 Å². The predicted molar refractivity (Wildman–Crippen MR) is 106 cm³/mol. The Morgan fingerprint density at radius 1 is 1.35 bits per heavy atom. The van der Waals surface area contributed by atoms with Gasteiger partial charge in [-0.25, -0.2) is 0 Å². The molecule has 140 valence electrons. The van der Waals surface area contributed by atoms with Crippen LogP contribution in [0.3, 0.4) is 0 Å². The van der Waals surface area contributed by atoms with Gasteiger partial charge in [0.05, 0.1) is 13.5 Å². The third-order valence-corrected chi connectivity index (χ3v) is 5.66. The standard InChI is InChI=1S/C22H30N2O2/c1-4-5-6-7-18-15(2)8-10-21(18)24-22(25)12-16-14-23-20-11-9-17(26-3)13-19(16)20/h5-6,9,11,13-15,18,21,23H,4,7-8,10,12H2,1-3H3,(H,24,25)/b6-5-. The minimum Gasteiger partial charge on any atom is -0.497 e. The highest BCUT2D eigenvalue weighted by molar-refractivity contribution is 5.89. The van der Waals surface area contributed by atoms with E-state index in [9.17, 15) is 4.79 Å². The molecular weight excluding hydrogens is 324 g/mol. The number of allylic oxidation sites excluding steroid dienone is 2. The van der Waals surface area contributed by atoms with Crippen LogP contribution >= 0.6 is 0 Å². The fraction of sp³-hybridized carbons (Fsp3) is 0.500. The molecule has 1 heterocycles. The SMILES string of the molecule is CC/C=C\CC1C(C)CCC1NC(=O)Cc1c[nH]c2ccc(OC)cc12. The number of rotatable bonds is 7. The summed E-state index contributed by atoms with van der Waals surface area (Å²) < 4.78 is 5.31. The lowest BCUT2D eigenvalue weighted by atomic mass is 9.91. The molecule has 0 aliphatic heterocycles. The Labute approximate surface area is 156 Å². The predicted octanol–water partition coefficient (Wildman–Crippen LogP) is 4.61. The molecule has 0 saturated heterocycles. The second-order valence-electron chi connectivity index (χ2n) is 7.41. The van der Waals surface area contributed by atoms with Crippen molar-refractivity contribution in [1.29, 1.82) is 0 Å². The molecule has 2 N–H and O–H groups in total. The van der Waals surface area contributed by atoms with Crippen LogP contribution in [0.1, 0.15) is 45.1 Å². The monoisotopic (exact) mass is 354 g/mol. The number of ether oxygens (including phenoxy) is 1. The van der Waals surface area contributed by atoms with Crippen LogP contribution < -0.4 is 10.1 Å². The zero-order valence-corrected chi connectivity index (χ0v) is 16.0. The highest BCUT2D eigenvalue weighted by Gasteiger charge is 2.33. The summed E-state index contributed by atoms with van der Waals surface area (Å²) in [6, 6.07) is 6.20. The van der Waals surface area contributed by atoms with Crippen LogP contribution in [0.25, 0.3) is 10.9 Å². The molecule has 3 rings (SSSR count). The number of methoxy groups -OCH3 is 1. The van der Waals surface area contributed by atoms with Crippen molar-refractivity contribution in [1.82, 2.24) is 10.3 Å². The number of carbonyl (C=O) groups excluding carboxylic acids is 1. The van der Waals surface area contributed by atoms with Gasteiger partial charge in [-0.05, 0) is 61.3 Å². The average Bonchev–Trinajstić information content (AvgIpc) is 3.19. The van der Waals surface area contributed by atoms with Gasteiger partial charge in [-0.2, -0.15) is 0 Å². The first-order valence-corrected chi connectivity index (χ1v) is 9.70. The van der Waals surface area contributed by atoms with E-state index in [1.54, 1.807) is 7.11 Å². The number of nitrogens with one attached hydrogen (secondary N) is 2. The van der Waals surface area contributed by atoms with Crippen LogP contribution in [0.4, 0.5) is 0 Å². The van der Waals surface area contributed by atoms with Crippen LogP contribution in [0.2, 0.25) is 0 Å². The zero-order chi connectivity index (χ0) is 18.5. The lowest BCUT2D eigenvalue weighted by Gasteiger charge is -2.22. The normalized spacial score (nSPS) is 23.0. The van der Waals surface area contributed by atoms with Crippen molar-refractivity contribution in [3.63, 3.8) is 0 Å². The van der Waals surface area contributed by atoms with Crippen LogP contribution in [-0.2, 0) is 11.2 Å². The van der Waals surface area contributed by atoms with Gasteiger partial charge in [0.1, 0.15) is 5.75 Å². The minimum absolute atomic E-state index is 0.109. The highest BCUT2D eigenvalue weighted by atomic mass is 16.5. The summed E-state index contributed by atoms with van der Waals surface area (Å²) in [5, 5.41) is 4.36. The van der Waals surface area contributed by atoms with Crippen LogP contribution in [0, 0.1) is 11.8 Å². The summed E-state index contributed by atoms with van der Waals surface area (Å²) in [6.07, 6.45) is 11.2. The number of aromatic amines is 1. The number of hydrogen-bond acceptors (Lipinski definition) is 2. The van der Waals surface area contributed by atoms with Gasteiger partial charge in [0.15, 0.2) is 0 Å². The number of aromatic nitrogens is 1. The van der Waals surface area contributed by atoms with Crippen molar-refractivity contribution < 1.29 is 9.53 Å². The van der Waals surface area contributed by atoms with Crippen molar-refractivity contribution in [2.24, 2.45) is 11.8 Å². The largest absolute Gasteiger partial charge is 0.497 e. The van der Waals surface area contributed by atoms with E-state index in [0.29, 0.717) is 24.3 Å². The van der Waals surface area contributed by atoms with Crippen LogP contribution in [0.15, 0.2) is 36.5 Å². The molecular formula is C22H30N2O2. The van der Waals surface area contributed by atoms with Crippen molar-refractivity contribution in [2.45, 2.75) is 52.0 Å². The van der Waals surface area contributed by atoms with E-state index in [1.807, 2.05) is 24.4 Å². The summed E-state index contributed by atoms with van der Waals surface area (Å²) in [5.74, 6) is 2.13. The lowest BCUT2D eigenvalue weighted by molar-refractivity contribution is -0.121. The molecule has 1 aromatic carbocycles. The number of amides is 1. The Morgan fingerprint density at radius 2 is 2.19 bits per heavy atom. The maximum atomic E-state index is 12.7. The summed E-state index contributed by atoms with van der Waals surface area (Å²) in [5.41, 5.74) is 2.05. The Balaban J connectivity index is 1.66. The Hall–Kier alpha value is -2.23. The van der Waals surface area contributed by atoms with Crippen molar-refractivity contribution in [3.8, 4) is 5.75 Å². The average molecular weight is 354 g/mol. The quantitative estimate of drug-likeness (QED) is 0.714. The smallest absolute Gasteiger partial charge is 0.224 e. The molecule has 4 heteroatoms. The summed E-state index contributed by atoms with van der Waals surface area (Å²) in [7, 11) is 1.66. The minimum atomic E-state index is 0.109. The Bertz CT molecular complexity index is 778. The topological polar surface area (TPSA) is 54.1 Å². The number of carbonyl (C=O) groups is 1. The summed E-state index contributed by atoms with van der Waals surface area (Å²) >= 11 is 0. The Kier molecular flexibility index (Phi) is 6.02. The first-order valence-electron chi connectivity index (χ1n) is 9.70. The van der Waals surface area contributed by atoms with Gasteiger partial charge in [0, 0.05) is 23.1 Å². The first-order chi connectivity index (χ1) is 12.6. The number of H-pyrrole nitrogens is 1. The molecule has 0 bridgehead atoms. The number of benzene rings is 1. The maximum Gasteiger partial charge on any atom is 0.224 e. The Morgan fingerprint density at radius 3 is 2.96 bits per heavy atom. The molecule has 0 radical (unpaired) electrons. The molecule has 1 saturated carbocycles. The molecule has 0 spiro atoms. The van der Waals surface area contributed by atoms with E-state index in [-0.39, 0.29) is 5.91 Å². The molecule has 2 aromatic rings. The fourth-order valence-corrected chi connectivity index (χ4v) is 4.12. The molecule has 1 aromatic heterocycles. The van der Waals surface area contributed by atoms with Crippen LogP contribution in [0.5, 0.6) is 5.75 Å². The fourth-order valence-electron chi connectivity index (χ4n) is 4.12. The lowest BCUT2D eigenvalue weighted by Crippen LogP contribution is -2.39. The van der Waals surface area contributed by atoms with E-state index in [1.165, 1.54) is 6.42 Å². The van der Waals surface area contributed by atoms with Gasteiger partial charge in [-0.3, -0.25) is 4.79 Å². The van der Waals surface area contributed by atoms with Gasteiger partial charge in [0.25, 0.3) is 0 Å². The molecule has 1 aliphatic rings. The number of fused-ring (bicyclic) bond motifs is 1. The summed E-state index contributed by atoms with van der Waals surface area (Å²) in [4.78, 5) is 15.9. The number of hydrogen-bond donors (Lipinski definition) is 2. The van der Waals surface area contributed by atoms with E-state index < -0.39 is 0 Å². The van der Waals surface area contributed by atoms with Gasteiger partial charge >= 0.3 is 0 Å². The van der Waals surface area contributed by atoms with E-state index in [4.69, 9.17) is 4.74 Å². The third kappa shape index (κ3) is 4.12. The molecule has 1 amide bonds. The maximum absolute atomic E-state index is 12.7. The van der Waals surface area contributed by atoms with Crippen LogP contribution in [-0.4, -0.2) is 24.0 Å².